The number of hydrogen-bond acceptors (Lipinski definition) is 4. The van der Waals surface area contributed by atoms with E-state index in [1.165, 1.54) is 103 Å². The molecule has 4 nitrogen and oxygen atoms in total. The summed E-state index contributed by atoms with van der Waals surface area (Å²) in [4.78, 5) is 26.1. The van der Waals surface area contributed by atoms with E-state index in [2.05, 4.69) is 34.6 Å². The molecular formula is C37H70O4. The molecule has 0 amide bonds. The molecule has 0 atom stereocenters. The fourth-order valence-corrected chi connectivity index (χ4v) is 6.78. The number of hydrogen-bond donors (Lipinski definition) is 0. The van der Waals surface area contributed by atoms with Gasteiger partial charge in [-0.2, -0.15) is 0 Å². The zero-order valence-electron chi connectivity index (χ0n) is 28.2. The van der Waals surface area contributed by atoms with Crippen molar-refractivity contribution in [3.63, 3.8) is 0 Å². The Bertz CT molecular complexity index is 571. The quantitative estimate of drug-likeness (QED) is 0.0756. The number of unbranched alkanes of at least 4 members (excludes halogenated alkanes) is 8. The molecule has 0 radical (unpaired) electrons. The first-order chi connectivity index (χ1) is 19.9. The van der Waals surface area contributed by atoms with E-state index >= 15 is 0 Å². The molecule has 1 fully saturated rings. The standard InChI is InChI=1S/C37H70O4/c1-6-10-14-18-33(19-15-11-7-2)24-28-40-35(38)30-37(26-22-32(5)23-27-37)31-36(39)41-29-25-34(20-16-12-8-3)21-17-13-9-4/h32-34H,6-31H2,1-5H3. The van der Waals surface area contributed by atoms with Crippen LogP contribution in [0.2, 0.25) is 0 Å². The zero-order chi connectivity index (χ0) is 30.2. The minimum atomic E-state index is -0.288. The molecule has 0 N–H and O–H groups in total. The summed E-state index contributed by atoms with van der Waals surface area (Å²) in [6.45, 7) is 12.4. The third kappa shape index (κ3) is 19.0. The lowest BCUT2D eigenvalue weighted by Gasteiger charge is -2.38. The first kappa shape index (κ1) is 38.0. The summed E-state index contributed by atoms with van der Waals surface area (Å²) in [5, 5.41) is 0. The fraction of sp³-hybridized carbons (Fsp3) is 0.946. The van der Waals surface area contributed by atoms with Gasteiger partial charge in [0.15, 0.2) is 0 Å². The predicted octanol–water partition coefficient (Wildman–Crippen LogP) is 11.4. The van der Waals surface area contributed by atoms with Crippen molar-refractivity contribution in [1.82, 2.24) is 0 Å². The third-order valence-electron chi connectivity index (χ3n) is 9.82. The van der Waals surface area contributed by atoms with Gasteiger partial charge in [0.1, 0.15) is 0 Å². The maximum absolute atomic E-state index is 13.1. The highest BCUT2D eigenvalue weighted by molar-refractivity contribution is 5.74. The maximum Gasteiger partial charge on any atom is 0.306 e. The van der Waals surface area contributed by atoms with Gasteiger partial charge in [0.05, 0.1) is 26.1 Å². The van der Waals surface area contributed by atoms with Gasteiger partial charge in [-0.05, 0) is 48.9 Å². The summed E-state index contributed by atoms with van der Waals surface area (Å²) in [6, 6.07) is 0. The highest BCUT2D eigenvalue weighted by Crippen LogP contribution is 2.44. The normalized spacial score (nSPS) is 15.5. The summed E-state index contributed by atoms with van der Waals surface area (Å²) in [7, 11) is 0. The fourth-order valence-electron chi connectivity index (χ4n) is 6.78. The van der Waals surface area contributed by atoms with Gasteiger partial charge >= 0.3 is 11.9 Å². The molecule has 0 unspecified atom stereocenters. The molecule has 1 saturated carbocycles. The van der Waals surface area contributed by atoms with Crippen molar-refractivity contribution >= 4 is 11.9 Å². The van der Waals surface area contributed by atoms with Crippen LogP contribution in [0.25, 0.3) is 0 Å². The third-order valence-corrected chi connectivity index (χ3v) is 9.82. The first-order valence-corrected chi connectivity index (χ1v) is 18.2. The Hall–Kier alpha value is -1.06. The number of carbonyl (C=O) groups excluding carboxylic acids is 2. The van der Waals surface area contributed by atoms with Gasteiger partial charge in [-0.25, -0.2) is 0 Å². The molecule has 242 valence electrons. The van der Waals surface area contributed by atoms with Crippen LogP contribution in [-0.2, 0) is 19.1 Å². The number of carbonyl (C=O) groups is 2. The summed E-state index contributed by atoms with van der Waals surface area (Å²) >= 11 is 0. The van der Waals surface area contributed by atoms with Crippen molar-refractivity contribution in [2.45, 2.75) is 189 Å². The van der Waals surface area contributed by atoms with Crippen LogP contribution in [0.5, 0.6) is 0 Å². The minimum Gasteiger partial charge on any atom is -0.466 e. The van der Waals surface area contributed by atoms with Crippen LogP contribution in [0.1, 0.15) is 189 Å². The topological polar surface area (TPSA) is 52.6 Å². The Kier molecular flexibility index (Phi) is 22.6. The van der Waals surface area contributed by atoms with Gasteiger partial charge in [0.2, 0.25) is 0 Å². The highest BCUT2D eigenvalue weighted by Gasteiger charge is 2.39. The van der Waals surface area contributed by atoms with E-state index in [1.807, 2.05) is 0 Å². The summed E-state index contributed by atoms with van der Waals surface area (Å²) < 4.78 is 11.7. The number of rotatable bonds is 26. The van der Waals surface area contributed by atoms with Crippen LogP contribution in [-0.4, -0.2) is 25.2 Å². The molecule has 0 aromatic rings. The lowest BCUT2D eigenvalue weighted by atomic mass is 9.67. The lowest BCUT2D eigenvalue weighted by molar-refractivity contribution is -0.152. The summed E-state index contributed by atoms with van der Waals surface area (Å²) in [6.07, 6.45) is 27.0. The molecule has 0 bridgehead atoms. The van der Waals surface area contributed by atoms with Crippen molar-refractivity contribution in [1.29, 1.82) is 0 Å². The molecule has 0 spiro atoms. The van der Waals surface area contributed by atoms with Gasteiger partial charge < -0.3 is 9.47 Å². The summed E-state index contributed by atoms with van der Waals surface area (Å²) in [5.74, 6) is 1.76. The van der Waals surface area contributed by atoms with Crippen LogP contribution < -0.4 is 0 Å². The van der Waals surface area contributed by atoms with Gasteiger partial charge in [-0.15, -0.1) is 0 Å². The Balaban J connectivity index is 2.58. The Morgan fingerprint density at radius 2 is 0.927 bits per heavy atom. The van der Waals surface area contributed by atoms with Crippen LogP contribution >= 0.6 is 0 Å². The van der Waals surface area contributed by atoms with Crippen molar-refractivity contribution in [2.75, 3.05) is 13.2 Å². The molecular weight excluding hydrogens is 508 g/mol. The molecule has 0 aromatic carbocycles. The average Bonchev–Trinajstić information content (AvgIpc) is 2.94. The molecule has 0 heterocycles. The van der Waals surface area contributed by atoms with Crippen molar-refractivity contribution in [2.24, 2.45) is 23.2 Å². The van der Waals surface area contributed by atoms with E-state index in [0.29, 0.717) is 43.8 Å². The summed E-state index contributed by atoms with van der Waals surface area (Å²) in [5.41, 5.74) is -0.288. The van der Waals surface area contributed by atoms with Gasteiger partial charge in [0.25, 0.3) is 0 Å². The van der Waals surface area contributed by atoms with Crippen LogP contribution in [0, 0.1) is 23.2 Å². The van der Waals surface area contributed by atoms with Crippen LogP contribution in [0.4, 0.5) is 0 Å². The number of ether oxygens (including phenoxy) is 2. The number of esters is 2. The zero-order valence-corrected chi connectivity index (χ0v) is 28.2. The van der Waals surface area contributed by atoms with E-state index < -0.39 is 0 Å². The molecule has 0 saturated heterocycles. The van der Waals surface area contributed by atoms with E-state index in [0.717, 1.165) is 38.5 Å². The average molecular weight is 579 g/mol. The Morgan fingerprint density at radius 3 is 1.24 bits per heavy atom. The predicted molar refractivity (Wildman–Crippen MR) is 174 cm³/mol. The van der Waals surface area contributed by atoms with Crippen molar-refractivity contribution in [3.8, 4) is 0 Å². The molecule has 0 aliphatic heterocycles. The van der Waals surface area contributed by atoms with Crippen molar-refractivity contribution in [3.05, 3.63) is 0 Å². The van der Waals surface area contributed by atoms with E-state index in [1.54, 1.807) is 0 Å². The van der Waals surface area contributed by atoms with Crippen molar-refractivity contribution < 1.29 is 19.1 Å². The van der Waals surface area contributed by atoms with Gasteiger partial charge in [-0.1, -0.05) is 150 Å². The molecule has 41 heavy (non-hydrogen) atoms. The molecule has 1 aliphatic rings. The highest BCUT2D eigenvalue weighted by atomic mass is 16.5. The van der Waals surface area contributed by atoms with Gasteiger partial charge in [-0.3, -0.25) is 9.59 Å². The Labute approximate surface area is 255 Å². The maximum atomic E-state index is 13.1. The molecule has 1 rings (SSSR count). The monoisotopic (exact) mass is 579 g/mol. The molecule has 1 aliphatic carbocycles. The van der Waals surface area contributed by atoms with Crippen LogP contribution in [0.3, 0.4) is 0 Å². The lowest BCUT2D eigenvalue weighted by Crippen LogP contribution is -2.33. The largest absolute Gasteiger partial charge is 0.466 e. The van der Waals surface area contributed by atoms with E-state index in [4.69, 9.17) is 9.47 Å². The Morgan fingerprint density at radius 1 is 0.585 bits per heavy atom. The second-order valence-corrected chi connectivity index (χ2v) is 13.8. The SMILES string of the molecule is CCCCCC(CCCCC)CCOC(=O)CC1(CC(=O)OCCC(CCCCC)CCCCC)CCC(C)CC1. The molecule has 0 aromatic heterocycles. The van der Waals surface area contributed by atoms with E-state index in [9.17, 15) is 9.59 Å². The van der Waals surface area contributed by atoms with E-state index in [-0.39, 0.29) is 17.4 Å². The van der Waals surface area contributed by atoms with Crippen LogP contribution in [0.15, 0.2) is 0 Å². The smallest absolute Gasteiger partial charge is 0.306 e. The molecule has 4 heteroatoms. The second kappa shape index (κ2) is 24.4. The first-order valence-electron chi connectivity index (χ1n) is 18.2. The van der Waals surface area contributed by atoms with Gasteiger partial charge in [0, 0.05) is 0 Å². The second-order valence-electron chi connectivity index (χ2n) is 13.8. The minimum absolute atomic E-state index is 0.111.